The van der Waals surface area contributed by atoms with Gasteiger partial charge in [-0.3, -0.25) is 71.9 Å². The third kappa shape index (κ3) is 30.1. The molecular weight excluding hydrogens is 1840 g/mol. The van der Waals surface area contributed by atoms with E-state index in [1.807, 2.05) is 0 Å². The molecule has 44 heteroatoms. The number of Topliss-reactive ketones (excluding diaryl/α,β-unsaturated/α-hetero) is 3. The van der Waals surface area contributed by atoms with Gasteiger partial charge in [-0.2, -0.15) is 23.5 Å². The van der Waals surface area contributed by atoms with Gasteiger partial charge in [0.05, 0.1) is 112 Å². The summed E-state index contributed by atoms with van der Waals surface area (Å²) in [6.07, 6.45) is -2.41. The number of amides is 15. The van der Waals surface area contributed by atoms with Crippen molar-refractivity contribution in [2.45, 2.75) is 174 Å². The average molecular weight is 1960 g/mol. The molecule has 0 unspecified atom stereocenters. The topological polar surface area (TPSA) is 601 Å². The van der Waals surface area contributed by atoms with Gasteiger partial charge < -0.3 is 123 Å². The Hall–Kier alpha value is -13.4. The van der Waals surface area contributed by atoms with Crippen LogP contribution in [0.1, 0.15) is 166 Å². The fourth-order valence-corrected chi connectivity index (χ4v) is 17.5. The number of nitrogens with one attached hydrogen (secondary N) is 7. The predicted octanol–water partition coefficient (Wildman–Crippen LogP) is 4.12. The minimum Gasteiger partial charge on any atom is -0.507 e. The standard InChI is InChI=1S/C61H74N8O19S.C33H47N7O8S/c1-8-44(73)67-28-68(45(74)9-2)30-69(29-67)46(75)19-21-89-27-43(72)66-52(31(3)4)40(71)22-35(12-11-20-63-59(62)82)58(81)64-36-17-15-34(16-18-36)26-86-60(83)65-39-23-47(87-32(5)53(39)76)88-42-25-61(84,33(6)70)24-38-49(42)57(80)51-50(55(38)78)54(77)37-13-10-14-41(85-7)48(37)56(51)79;1-5-28(44)38-19-39(29(45)6-2)21-40(20-38)30(46)13-15-49-18-27(43)37-31(22(3)4)26(42)16-24(8-7-14-35-33(34)48)32(47)36-25-11-9-23(17-41)10-12-25/h8-10,13-18,31-32,35,39,42,47,52-53,76,78,80,84H,1-2,11-12,19-30H2,3-7H3,(H,64,81)(H,65,83)(H,66,72)(H3,62,63,82);5-6,9-12,22,24,31,41H,1-2,7-8,13-21H2,3-4H3,(H,36,47)(H,37,43)(H3,34,35,48)/t32-,35+,39-,42-,47-,52-,53+,61-;24-,31+/m01/s1. The number of ether oxygens (including phenoxy) is 4. The van der Waals surface area contributed by atoms with Gasteiger partial charge >= 0.3 is 18.2 Å². The van der Waals surface area contributed by atoms with Crippen LogP contribution in [0.3, 0.4) is 0 Å². The normalized spacial score (nSPS) is 18.5. The number of carbonyl (C=O) groups is 18. The molecule has 3 saturated heterocycles. The number of aliphatic hydroxyl groups excluding tert-OH is 2. The van der Waals surface area contributed by atoms with Crippen molar-refractivity contribution in [2.24, 2.45) is 35.1 Å². The average Bonchev–Trinajstić information content (AvgIpc) is 0.708. The second-order valence-electron chi connectivity index (χ2n) is 34.2. The number of hydrogen-bond acceptors (Lipinski definition) is 29. The van der Waals surface area contributed by atoms with Gasteiger partial charge in [-0.1, -0.05) is 90.4 Å². The molecule has 4 aromatic rings. The van der Waals surface area contributed by atoms with Crippen LogP contribution in [0.2, 0.25) is 0 Å². The lowest BCUT2D eigenvalue weighted by Gasteiger charge is -2.42. The van der Waals surface area contributed by atoms with Gasteiger partial charge in [0.25, 0.3) is 0 Å². The highest BCUT2D eigenvalue weighted by Gasteiger charge is 2.51. The zero-order chi connectivity index (χ0) is 102. The first-order valence-electron chi connectivity index (χ1n) is 44.5. The second kappa shape index (κ2) is 51.7. The Bertz CT molecular complexity index is 5200. The van der Waals surface area contributed by atoms with Crippen LogP contribution in [-0.4, -0.2) is 287 Å². The van der Waals surface area contributed by atoms with Crippen LogP contribution in [0, 0.1) is 23.7 Å². The maximum atomic E-state index is 14.1. The van der Waals surface area contributed by atoms with Gasteiger partial charge in [-0.05, 0) is 117 Å². The SMILES string of the molecule is C=CC(=O)N1CN(C(=O)C=C)CN(C(=O)CCSCC(=O)N[C@H](C(=O)C[C@@H](CCCNC(N)=O)C(=O)Nc2ccc(CO)cc2)C(C)C)C1.C=CC(=O)N1CN(C(=O)C=C)CN(C(=O)CCSCC(=O)N[C@H](C(=O)C[C@@H](CCCNC(N)=O)C(=O)Nc2ccc(COC(=O)N[C@H]3C[C@H](O[C@H]4C[C@](O)(C(C)=O)Cc5c(O)c6c(c(O)c54)C(=O)c4c(OC)cccc4C6=O)O[C@@H](C)[C@H]3O)cc2)C(C)C)C1. The number of aliphatic hydroxyl groups is 3. The number of nitrogens with zero attached hydrogens (tertiary/aromatic N) is 6. The van der Waals surface area contributed by atoms with Gasteiger partial charge in [-0.15, -0.1) is 0 Å². The summed E-state index contributed by atoms with van der Waals surface area (Å²) in [7, 11) is 1.30. The van der Waals surface area contributed by atoms with Crippen LogP contribution in [0.4, 0.5) is 25.8 Å². The Morgan fingerprint density at radius 1 is 0.601 bits per heavy atom. The van der Waals surface area contributed by atoms with E-state index in [4.69, 9.17) is 30.4 Å². The number of urea groups is 2. The van der Waals surface area contributed by atoms with Crippen LogP contribution in [0.15, 0.2) is 117 Å². The molecule has 0 saturated carbocycles. The molecule has 0 bridgehead atoms. The molecule has 9 rings (SSSR count). The molecule has 2 aliphatic carbocycles. The van der Waals surface area contributed by atoms with E-state index in [0.717, 1.165) is 43.0 Å². The zero-order valence-electron chi connectivity index (χ0n) is 77.9. The molecule has 0 spiro atoms. The third-order valence-corrected chi connectivity index (χ3v) is 25.4. The summed E-state index contributed by atoms with van der Waals surface area (Å²) in [5.41, 5.74) is 8.42. The van der Waals surface area contributed by atoms with E-state index in [1.54, 1.807) is 64.1 Å². The van der Waals surface area contributed by atoms with E-state index in [9.17, 15) is 112 Å². The van der Waals surface area contributed by atoms with E-state index >= 15 is 0 Å². The fraction of sp³-hybridized carbons (Fsp3) is 0.468. The molecule has 746 valence electrons. The molecule has 3 fully saturated rings. The molecule has 138 heavy (non-hydrogen) atoms. The van der Waals surface area contributed by atoms with E-state index < -0.39 is 190 Å². The number of aromatic hydroxyl groups is 2. The first-order valence-corrected chi connectivity index (χ1v) is 46.8. The van der Waals surface area contributed by atoms with Crippen molar-refractivity contribution in [3.05, 3.63) is 162 Å². The molecule has 16 N–H and O–H groups in total. The van der Waals surface area contributed by atoms with E-state index in [2.05, 4.69) is 63.5 Å². The van der Waals surface area contributed by atoms with Gasteiger partial charge in [-0.25, -0.2) is 14.4 Å². The molecular formula is C94H121N15O27S2. The number of primary amides is 2. The van der Waals surface area contributed by atoms with Crippen molar-refractivity contribution in [3.63, 3.8) is 0 Å². The lowest BCUT2D eigenvalue weighted by Crippen LogP contribution is -2.59. The minimum absolute atomic E-state index is 0.00127. The number of nitrogens with two attached hydrogens (primary N) is 2. The maximum absolute atomic E-state index is 14.1. The number of anilines is 2. The van der Waals surface area contributed by atoms with Crippen LogP contribution >= 0.6 is 23.5 Å². The number of hydrogen-bond donors (Lipinski definition) is 14. The van der Waals surface area contributed by atoms with Gasteiger partial charge in [0.1, 0.15) is 35.6 Å². The first-order chi connectivity index (χ1) is 65.5. The molecule has 0 radical (unpaired) electrons. The molecule has 5 aliphatic rings. The summed E-state index contributed by atoms with van der Waals surface area (Å²) in [5.74, 6) is -10.9. The van der Waals surface area contributed by atoms with E-state index in [0.29, 0.717) is 28.9 Å². The number of carbonyl (C=O) groups excluding carboxylic acids is 18. The number of thioether (sulfide) groups is 2. The smallest absolute Gasteiger partial charge is 0.407 e. The van der Waals surface area contributed by atoms with Crippen molar-refractivity contribution in [2.75, 3.05) is 93.9 Å². The second-order valence-corrected chi connectivity index (χ2v) is 36.4. The number of benzene rings is 4. The Balaban J connectivity index is 0.000000403. The molecule has 3 aliphatic heterocycles. The van der Waals surface area contributed by atoms with Crippen molar-refractivity contribution >= 4 is 141 Å². The zero-order valence-corrected chi connectivity index (χ0v) is 79.5. The van der Waals surface area contributed by atoms with Crippen molar-refractivity contribution in [3.8, 4) is 17.2 Å². The van der Waals surface area contributed by atoms with Gasteiger partial charge in [0.15, 0.2) is 29.4 Å². The highest BCUT2D eigenvalue weighted by Crippen LogP contribution is 2.53. The third-order valence-electron chi connectivity index (χ3n) is 23.5. The lowest BCUT2D eigenvalue weighted by molar-refractivity contribution is -0.249. The van der Waals surface area contributed by atoms with Crippen LogP contribution in [0.5, 0.6) is 17.2 Å². The summed E-state index contributed by atoms with van der Waals surface area (Å²) in [6.45, 7) is 23.2. The number of methoxy groups -OCH3 is 1. The molecule has 0 aromatic heterocycles. The highest BCUT2D eigenvalue weighted by atomic mass is 32.2. The van der Waals surface area contributed by atoms with Crippen LogP contribution in [0.25, 0.3) is 0 Å². The van der Waals surface area contributed by atoms with Gasteiger partial charge in [0, 0.05) is 109 Å². The number of alkyl carbamates (subject to hydrolysis) is 1. The molecule has 4 aromatic carbocycles. The number of rotatable bonds is 44. The quantitative estimate of drug-likeness (QED) is 0.0148. The Kier molecular flexibility index (Phi) is 41.2. The Morgan fingerprint density at radius 3 is 1.45 bits per heavy atom. The summed E-state index contributed by atoms with van der Waals surface area (Å²) in [4.78, 5) is 240. The van der Waals surface area contributed by atoms with Crippen LogP contribution in [-0.2, 0) is 96.2 Å². The summed E-state index contributed by atoms with van der Waals surface area (Å²) in [6, 6.07) is 12.7. The Labute approximate surface area is 805 Å². The predicted molar refractivity (Wildman–Crippen MR) is 504 cm³/mol. The van der Waals surface area contributed by atoms with Crippen molar-refractivity contribution in [1.82, 2.24) is 56.0 Å². The maximum Gasteiger partial charge on any atom is 0.407 e. The largest absolute Gasteiger partial charge is 0.507 e. The van der Waals surface area contributed by atoms with Crippen molar-refractivity contribution < 1.29 is 131 Å². The number of phenolic OH excluding ortho intramolecular Hbond substituents is 2. The summed E-state index contributed by atoms with van der Waals surface area (Å²) >= 11 is 2.33. The Morgan fingerprint density at radius 2 is 1.04 bits per heavy atom. The van der Waals surface area contributed by atoms with Crippen LogP contribution < -0.4 is 53.4 Å². The number of fused-ring (bicyclic) bond motifs is 3. The summed E-state index contributed by atoms with van der Waals surface area (Å²) < 4.78 is 23.1. The molecule has 15 amide bonds. The fourth-order valence-electron chi connectivity index (χ4n) is 16.0. The minimum atomic E-state index is -2.19. The summed E-state index contributed by atoms with van der Waals surface area (Å²) in [5, 5.41) is 74.4. The number of phenols is 2. The lowest BCUT2D eigenvalue weighted by atomic mass is 9.72. The highest BCUT2D eigenvalue weighted by molar-refractivity contribution is 8.00. The molecule has 3 heterocycles. The molecule has 42 nitrogen and oxygen atoms in total. The number of ketones is 5. The van der Waals surface area contributed by atoms with E-state index in [1.165, 1.54) is 85.5 Å². The van der Waals surface area contributed by atoms with Crippen molar-refractivity contribution in [1.29, 1.82) is 0 Å². The van der Waals surface area contributed by atoms with E-state index in [-0.39, 0.29) is 192 Å². The monoisotopic (exact) mass is 1960 g/mol. The van der Waals surface area contributed by atoms with Gasteiger partial charge in [0.2, 0.25) is 64.9 Å². The first kappa shape index (κ1) is 110. The molecule has 10 atom stereocenters.